The molecule has 1 amide bonds. The second-order valence-electron chi connectivity index (χ2n) is 6.74. The number of rotatable bonds is 6. The maximum Gasteiger partial charge on any atom is 0.260 e. The Morgan fingerprint density at radius 3 is 2.45 bits per heavy atom. The van der Waals surface area contributed by atoms with Crippen molar-refractivity contribution < 1.29 is 17.9 Å². The van der Waals surface area contributed by atoms with Crippen LogP contribution in [0.3, 0.4) is 0 Å². The highest BCUT2D eigenvalue weighted by atomic mass is 35.5. The molecular formula is C21H23ClN2O4S. The summed E-state index contributed by atoms with van der Waals surface area (Å²) in [5.41, 5.74) is 1.67. The molecule has 29 heavy (non-hydrogen) atoms. The van der Waals surface area contributed by atoms with Crippen LogP contribution in [0.5, 0.6) is 5.75 Å². The van der Waals surface area contributed by atoms with E-state index in [2.05, 4.69) is 0 Å². The fraction of sp³-hybridized carbons (Fsp3) is 0.286. The minimum atomic E-state index is -3.52. The number of piperazine rings is 1. The van der Waals surface area contributed by atoms with E-state index in [4.69, 9.17) is 16.3 Å². The van der Waals surface area contributed by atoms with E-state index in [1.54, 1.807) is 29.2 Å². The third kappa shape index (κ3) is 5.82. The lowest BCUT2D eigenvalue weighted by Gasteiger charge is -2.33. The highest BCUT2D eigenvalue weighted by molar-refractivity contribution is 7.92. The summed E-state index contributed by atoms with van der Waals surface area (Å²) in [5.74, 6) is 0.436. The fourth-order valence-corrected chi connectivity index (χ4v) is 4.41. The summed E-state index contributed by atoms with van der Waals surface area (Å²) in [6.07, 6.45) is 1.58. The number of amides is 1. The Hall–Kier alpha value is -2.35. The Balaban J connectivity index is 1.51. The molecule has 0 radical (unpaired) electrons. The zero-order valence-corrected chi connectivity index (χ0v) is 17.7. The lowest BCUT2D eigenvalue weighted by Crippen LogP contribution is -2.51. The first kappa shape index (κ1) is 21.4. The molecule has 6 nitrogen and oxygen atoms in total. The van der Waals surface area contributed by atoms with Crippen LogP contribution in [-0.4, -0.2) is 56.3 Å². The van der Waals surface area contributed by atoms with Crippen molar-refractivity contribution in [2.45, 2.75) is 6.92 Å². The van der Waals surface area contributed by atoms with Gasteiger partial charge in [-0.25, -0.2) is 8.42 Å². The van der Waals surface area contributed by atoms with E-state index in [-0.39, 0.29) is 25.6 Å². The number of hydrogen-bond acceptors (Lipinski definition) is 4. The number of nitrogens with zero attached hydrogens (tertiary/aromatic N) is 2. The molecule has 0 bridgehead atoms. The van der Waals surface area contributed by atoms with E-state index in [1.165, 1.54) is 9.71 Å². The first-order chi connectivity index (χ1) is 13.8. The first-order valence-electron chi connectivity index (χ1n) is 9.25. The van der Waals surface area contributed by atoms with E-state index >= 15 is 0 Å². The minimum absolute atomic E-state index is 0.0941. The Morgan fingerprint density at radius 1 is 1.10 bits per heavy atom. The van der Waals surface area contributed by atoms with Crippen LogP contribution in [0.25, 0.3) is 6.08 Å². The lowest BCUT2D eigenvalue weighted by atomic mass is 10.2. The van der Waals surface area contributed by atoms with Crippen LogP contribution >= 0.6 is 11.6 Å². The number of ether oxygens (including phenoxy) is 1. The smallest absolute Gasteiger partial charge is 0.260 e. The topological polar surface area (TPSA) is 66.9 Å². The molecule has 0 unspecified atom stereocenters. The molecule has 0 aliphatic carbocycles. The van der Waals surface area contributed by atoms with E-state index in [1.807, 2.05) is 37.3 Å². The van der Waals surface area contributed by atoms with Gasteiger partial charge in [0.25, 0.3) is 5.91 Å². The second-order valence-corrected chi connectivity index (χ2v) is 8.99. The van der Waals surface area contributed by atoms with Crippen molar-refractivity contribution in [3.8, 4) is 5.75 Å². The third-order valence-corrected chi connectivity index (χ3v) is 6.47. The first-order valence-corrected chi connectivity index (χ1v) is 11.1. The van der Waals surface area contributed by atoms with E-state index in [0.29, 0.717) is 23.9 Å². The number of hydrogen-bond donors (Lipinski definition) is 0. The lowest BCUT2D eigenvalue weighted by molar-refractivity contribution is -0.134. The summed E-state index contributed by atoms with van der Waals surface area (Å²) >= 11 is 5.92. The van der Waals surface area contributed by atoms with Gasteiger partial charge < -0.3 is 9.64 Å². The van der Waals surface area contributed by atoms with Crippen LogP contribution in [0.15, 0.2) is 53.9 Å². The quantitative estimate of drug-likeness (QED) is 0.700. The van der Waals surface area contributed by atoms with Crippen LogP contribution in [-0.2, 0) is 14.8 Å². The van der Waals surface area contributed by atoms with Crippen LogP contribution in [0.4, 0.5) is 0 Å². The molecule has 154 valence electrons. The van der Waals surface area contributed by atoms with Gasteiger partial charge in [0.1, 0.15) is 5.75 Å². The van der Waals surface area contributed by atoms with Gasteiger partial charge >= 0.3 is 0 Å². The van der Waals surface area contributed by atoms with Gasteiger partial charge in [0, 0.05) is 36.6 Å². The van der Waals surface area contributed by atoms with Crippen LogP contribution in [0.1, 0.15) is 11.1 Å². The van der Waals surface area contributed by atoms with Gasteiger partial charge in [0.15, 0.2) is 6.61 Å². The van der Waals surface area contributed by atoms with Gasteiger partial charge in [-0.15, -0.1) is 0 Å². The SMILES string of the molecule is Cc1cc(Cl)ccc1OCC(=O)N1CCN(S(=O)(=O)C=Cc2ccccc2)CC1. The van der Waals surface area contributed by atoms with E-state index < -0.39 is 10.0 Å². The molecule has 1 aliphatic rings. The molecule has 1 heterocycles. The molecule has 0 atom stereocenters. The van der Waals surface area contributed by atoms with E-state index in [0.717, 1.165) is 11.1 Å². The molecule has 1 fully saturated rings. The molecule has 0 aromatic heterocycles. The normalized spacial score (nSPS) is 15.6. The second kappa shape index (κ2) is 9.43. The van der Waals surface area contributed by atoms with Crippen molar-refractivity contribution in [2.24, 2.45) is 0 Å². The zero-order valence-electron chi connectivity index (χ0n) is 16.1. The maximum absolute atomic E-state index is 12.5. The van der Waals surface area contributed by atoms with Crippen molar-refractivity contribution in [3.05, 3.63) is 70.1 Å². The number of carbonyl (C=O) groups excluding carboxylic acids is 1. The zero-order chi connectivity index (χ0) is 20.9. The molecule has 0 spiro atoms. The minimum Gasteiger partial charge on any atom is -0.483 e. The molecule has 2 aromatic rings. The molecule has 2 aromatic carbocycles. The average Bonchev–Trinajstić information content (AvgIpc) is 2.72. The molecule has 8 heteroatoms. The highest BCUT2D eigenvalue weighted by Crippen LogP contribution is 2.22. The van der Waals surface area contributed by atoms with E-state index in [9.17, 15) is 13.2 Å². The van der Waals surface area contributed by atoms with Gasteiger partial charge in [-0.2, -0.15) is 4.31 Å². The molecule has 0 saturated carbocycles. The monoisotopic (exact) mass is 434 g/mol. The summed E-state index contributed by atoms with van der Waals surface area (Å²) in [5, 5.41) is 1.83. The molecule has 1 aliphatic heterocycles. The average molecular weight is 435 g/mol. The van der Waals surface area contributed by atoms with Crippen molar-refractivity contribution in [1.82, 2.24) is 9.21 Å². The van der Waals surface area contributed by atoms with Crippen molar-refractivity contribution >= 4 is 33.6 Å². The number of carbonyl (C=O) groups is 1. The summed E-state index contributed by atoms with van der Waals surface area (Å²) in [4.78, 5) is 14.0. The number of halogens is 1. The van der Waals surface area contributed by atoms with Gasteiger partial charge in [-0.1, -0.05) is 41.9 Å². The van der Waals surface area contributed by atoms with Gasteiger partial charge in [-0.3, -0.25) is 4.79 Å². The Labute approximate surface area is 176 Å². The molecule has 1 saturated heterocycles. The predicted molar refractivity (Wildman–Crippen MR) is 114 cm³/mol. The van der Waals surface area contributed by atoms with Crippen molar-refractivity contribution in [2.75, 3.05) is 32.8 Å². The number of aryl methyl sites for hydroxylation is 1. The third-order valence-electron chi connectivity index (χ3n) is 4.67. The van der Waals surface area contributed by atoms with Crippen LogP contribution < -0.4 is 4.74 Å². The largest absolute Gasteiger partial charge is 0.483 e. The van der Waals surface area contributed by atoms with Crippen molar-refractivity contribution in [1.29, 1.82) is 0 Å². The fourth-order valence-electron chi connectivity index (χ4n) is 3.01. The molecular weight excluding hydrogens is 412 g/mol. The van der Waals surface area contributed by atoms with Crippen molar-refractivity contribution in [3.63, 3.8) is 0 Å². The Kier molecular flexibility index (Phi) is 6.95. The maximum atomic E-state index is 12.5. The summed E-state index contributed by atoms with van der Waals surface area (Å²) in [7, 11) is -3.52. The summed E-state index contributed by atoms with van der Waals surface area (Å²) in [6, 6.07) is 14.5. The van der Waals surface area contributed by atoms with Gasteiger partial charge in [-0.05, 0) is 42.3 Å². The standard InChI is InChI=1S/C21H23ClN2O4S/c1-17-15-19(22)7-8-20(17)28-16-21(25)23-10-12-24(13-11-23)29(26,27)14-9-18-5-3-2-4-6-18/h2-9,14-15H,10-13,16H2,1H3. The Bertz CT molecular complexity index is 985. The Morgan fingerprint density at radius 2 is 1.79 bits per heavy atom. The van der Waals surface area contributed by atoms with Crippen LogP contribution in [0.2, 0.25) is 5.02 Å². The predicted octanol–water partition coefficient (Wildman–Crippen LogP) is 3.17. The number of benzene rings is 2. The van der Waals surface area contributed by atoms with Crippen LogP contribution in [0, 0.1) is 6.92 Å². The highest BCUT2D eigenvalue weighted by Gasteiger charge is 2.27. The molecule has 3 rings (SSSR count). The number of sulfonamides is 1. The summed E-state index contributed by atoms with van der Waals surface area (Å²) in [6.45, 7) is 2.95. The van der Waals surface area contributed by atoms with Gasteiger partial charge in [0.05, 0.1) is 0 Å². The summed E-state index contributed by atoms with van der Waals surface area (Å²) < 4.78 is 32.0. The van der Waals surface area contributed by atoms with Gasteiger partial charge in [0.2, 0.25) is 10.0 Å². The molecule has 0 N–H and O–H groups in total.